The third kappa shape index (κ3) is 4.22. The monoisotopic (exact) mass is 438 g/mol. The van der Waals surface area contributed by atoms with E-state index in [1.165, 1.54) is 0 Å². The first-order valence-corrected chi connectivity index (χ1v) is 11.6. The maximum atomic E-state index is 13.5. The third-order valence-corrected chi connectivity index (χ3v) is 7.09. The Morgan fingerprint density at radius 3 is 2.71 bits per heavy atom. The van der Waals surface area contributed by atoms with Crippen molar-refractivity contribution in [2.24, 2.45) is 0 Å². The second kappa shape index (κ2) is 8.80. The summed E-state index contributed by atoms with van der Waals surface area (Å²) in [6.45, 7) is 6.31. The van der Waals surface area contributed by atoms with Gasteiger partial charge in [0.1, 0.15) is 0 Å². The van der Waals surface area contributed by atoms with Crippen LogP contribution in [0.1, 0.15) is 40.1 Å². The molecule has 162 valence electrons. The lowest BCUT2D eigenvalue weighted by Gasteiger charge is -2.30. The van der Waals surface area contributed by atoms with Gasteiger partial charge in [0.2, 0.25) is 5.89 Å². The summed E-state index contributed by atoms with van der Waals surface area (Å²) < 4.78 is 10.9. The lowest BCUT2D eigenvalue weighted by Crippen LogP contribution is -2.39. The van der Waals surface area contributed by atoms with Crippen LogP contribution in [0.15, 0.2) is 40.9 Å². The summed E-state index contributed by atoms with van der Waals surface area (Å²) in [5.74, 6) is 1.47. The number of nitrogens with zero attached hydrogens (tertiary/aromatic N) is 4. The van der Waals surface area contributed by atoms with Gasteiger partial charge in [-0.1, -0.05) is 35.5 Å². The van der Waals surface area contributed by atoms with E-state index in [4.69, 9.17) is 9.26 Å². The number of morpholine rings is 1. The van der Waals surface area contributed by atoms with E-state index < -0.39 is 0 Å². The number of carbonyl (C=O) groups is 1. The lowest BCUT2D eigenvalue weighted by molar-refractivity contribution is 0.0700. The zero-order valence-corrected chi connectivity index (χ0v) is 18.4. The first-order valence-electron chi connectivity index (χ1n) is 10.8. The Kier molecular flexibility index (Phi) is 5.74. The molecule has 1 aromatic carbocycles. The number of hydrogen-bond donors (Lipinski definition) is 0. The van der Waals surface area contributed by atoms with E-state index in [0.717, 1.165) is 53.5 Å². The fraction of sp³-hybridized carbons (Fsp3) is 0.435. The molecule has 1 atom stereocenters. The Hall–Kier alpha value is -2.71. The van der Waals surface area contributed by atoms with Gasteiger partial charge >= 0.3 is 0 Å². The van der Waals surface area contributed by atoms with Crippen LogP contribution in [0.5, 0.6) is 0 Å². The summed E-state index contributed by atoms with van der Waals surface area (Å²) in [6, 6.07) is 12.4. The number of aryl methyl sites for hydroxylation is 1. The molecule has 0 spiro atoms. The van der Waals surface area contributed by atoms with Gasteiger partial charge in [0, 0.05) is 31.7 Å². The van der Waals surface area contributed by atoms with Crippen LogP contribution in [-0.4, -0.2) is 60.3 Å². The Balaban J connectivity index is 1.42. The number of thiophene rings is 1. The minimum atomic E-state index is 0.0858. The molecule has 0 N–H and O–H groups in total. The first kappa shape index (κ1) is 20.2. The van der Waals surface area contributed by atoms with Crippen molar-refractivity contribution in [1.29, 1.82) is 0 Å². The molecule has 0 bridgehead atoms. The molecule has 4 heterocycles. The molecule has 3 aromatic rings. The predicted molar refractivity (Wildman–Crippen MR) is 120 cm³/mol. The Labute approximate surface area is 185 Å². The van der Waals surface area contributed by atoms with E-state index in [-0.39, 0.29) is 11.8 Å². The molecular formula is C23H26N4O3S. The zero-order chi connectivity index (χ0) is 21.2. The van der Waals surface area contributed by atoms with Crippen molar-refractivity contribution in [3.63, 3.8) is 0 Å². The van der Waals surface area contributed by atoms with Crippen LogP contribution >= 0.6 is 11.3 Å². The van der Waals surface area contributed by atoms with Gasteiger partial charge in [-0.25, -0.2) is 0 Å². The van der Waals surface area contributed by atoms with Crippen molar-refractivity contribution in [3.05, 3.63) is 53.0 Å². The summed E-state index contributed by atoms with van der Waals surface area (Å²) in [5.41, 5.74) is 2.26. The summed E-state index contributed by atoms with van der Waals surface area (Å²) in [4.78, 5) is 22.9. The van der Waals surface area contributed by atoms with Crippen molar-refractivity contribution in [1.82, 2.24) is 15.0 Å². The summed E-state index contributed by atoms with van der Waals surface area (Å²) >= 11 is 1.59. The first-order chi connectivity index (χ1) is 15.2. The topological polar surface area (TPSA) is 71.7 Å². The highest BCUT2D eigenvalue weighted by molar-refractivity contribution is 7.18. The van der Waals surface area contributed by atoms with Gasteiger partial charge in [0.25, 0.3) is 5.91 Å². The largest absolute Gasteiger partial charge is 0.378 e. The van der Waals surface area contributed by atoms with Gasteiger partial charge in [0.15, 0.2) is 5.82 Å². The Bertz CT molecular complexity index is 1040. The van der Waals surface area contributed by atoms with Crippen molar-refractivity contribution >= 4 is 22.2 Å². The summed E-state index contributed by atoms with van der Waals surface area (Å²) in [7, 11) is 0. The minimum Gasteiger partial charge on any atom is -0.378 e. The van der Waals surface area contributed by atoms with E-state index in [1.807, 2.05) is 30.0 Å². The van der Waals surface area contributed by atoms with Crippen LogP contribution in [-0.2, 0) is 4.74 Å². The zero-order valence-electron chi connectivity index (χ0n) is 17.6. The molecule has 1 amide bonds. The molecule has 2 fully saturated rings. The van der Waals surface area contributed by atoms with Crippen molar-refractivity contribution < 1.29 is 14.1 Å². The fourth-order valence-electron chi connectivity index (χ4n) is 4.31. The summed E-state index contributed by atoms with van der Waals surface area (Å²) in [6.07, 6.45) is 1.90. The Morgan fingerprint density at radius 2 is 1.97 bits per heavy atom. The molecule has 0 saturated carbocycles. The van der Waals surface area contributed by atoms with Crippen LogP contribution in [0.3, 0.4) is 0 Å². The number of ether oxygens (including phenoxy) is 1. The smallest absolute Gasteiger partial charge is 0.264 e. The molecule has 2 saturated heterocycles. The molecule has 1 unspecified atom stereocenters. The molecule has 8 heteroatoms. The summed E-state index contributed by atoms with van der Waals surface area (Å²) in [5, 5.41) is 5.07. The third-order valence-electron chi connectivity index (χ3n) is 5.91. The fourth-order valence-corrected chi connectivity index (χ4v) is 5.51. The van der Waals surface area contributed by atoms with Crippen molar-refractivity contribution in [3.8, 4) is 11.1 Å². The second-order valence-electron chi connectivity index (χ2n) is 8.07. The molecule has 7 nitrogen and oxygen atoms in total. The van der Waals surface area contributed by atoms with Crippen molar-refractivity contribution in [2.45, 2.75) is 25.7 Å². The van der Waals surface area contributed by atoms with E-state index >= 15 is 0 Å². The number of benzene rings is 1. The Morgan fingerprint density at radius 1 is 1.16 bits per heavy atom. The average molecular weight is 439 g/mol. The minimum absolute atomic E-state index is 0.0858. The standard InChI is InChI=1S/C23H26N4O3S/c1-16-24-21(30-25-16)18-8-5-9-27(15-18)22(28)20-14-19(17-6-3-2-4-7-17)23(31-20)26-10-12-29-13-11-26/h2-4,6-7,14,18H,5,8-13,15H2,1H3. The molecule has 0 aliphatic carbocycles. The maximum Gasteiger partial charge on any atom is 0.264 e. The molecule has 2 aromatic heterocycles. The molecule has 2 aliphatic rings. The van der Waals surface area contributed by atoms with Gasteiger partial charge in [-0.3, -0.25) is 4.79 Å². The molecule has 5 rings (SSSR count). The maximum absolute atomic E-state index is 13.5. The number of hydrogen-bond acceptors (Lipinski definition) is 7. The van der Waals surface area contributed by atoms with Crippen LogP contribution in [0.2, 0.25) is 0 Å². The number of anilines is 1. The van der Waals surface area contributed by atoms with Gasteiger partial charge in [-0.15, -0.1) is 11.3 Å². The van der Waals surface area contributed by atoms with Gasteiger partial charge < -0.3 is 19.1 Å². The van der Waals surface area contributed by atoms with E-state index in [9.17, 15) is 4.79 Å². The SMILES string of the molecule is Cc1noc(C2CCCN(C(=O)c3cc(-c4ccccc4)c(N4CCOCC4)s3)C2)n1. The van der Waals surface area contributed by atoms with Crippen LogP contribution in [0.4, 0.5) is 5.00 Å². The number of carbonyl (C=O) groups excluding carboxylic acids is 1. The van der Waals surface area contributed by atoms with E-state index in [0.29, 0.717) is 31.5 Å². The van der Waals surface area contributed by atoms with Crippen LogP contribution in [0, 0.1) is 6.92 Å². The number of amides is 1. The molecule has 31 heavy (non-hydrogen) atoms. The normalized spacial score (nSPS) is 19.6. The highest BCUT2D eigenvalue weighted by Gasteiger charge is 2.31. The lowest BCUT2D eigenvalue weighted by atomic mass is 9.97. The number of likely N-dealkylation sites (tertiary alicyclic amines) is 1. The molecule has 0 radical (unpaired) electrons. The van der Waals surface area contributed by atoms with Gasteiger partial charge in [-0.2, -0.15) is 4.98 Å². The number of rotatable bonds is 4. The number of aromatic nitrogens is 2. The predicted octanol–water partition coefficient (Wildman–Crippen LogP) is 3.96. The van der Waals surface area contributed by atoms with E-state index in [1.54, 1.807) is 11.3 Å². The number of piperidine rings is 1. The van der Waals surface area contributed by atoms with Crippen LogP contribution < -0.4 is 4.90 Å². The average Bonchev–Trinajstić information content (AvgIpc) is 3.47. The van der Waals surface area contributed by atoms with Gasteiger partial charge in [0.05, 0.1) is 29.0 Å². The molecule has 2 aliphatic heterocycles. The van der Waals surface area contributed by atoms with Crippen LogP contribution in [0.25, 0.3) is 11.1 Å². The highest BCUT2D eigenvalue weighted by Crippen LogP contribution is 2.40. The second-order valence-corrected chi connectivity index (χ2v) is 9.10. The van der Waals surface area contributed by atoms with Crippen molar-refractivity contribution in [2.75, 3.05) is 44.3 Å². The molecular weight excluding hydrogens is 412 g/mol. The van der Waals surface area contributed by atoms with E-state index in [2.05, 4.69) is 33.2 Å². The van der Waals surface area contributed by atoms with Gasteiger partial charge in [-0.05, 0) is 31.4 Å². The highest BCUT2D eigenvalue weighted by atomic mass is 32.1. The quantitative estimate of drug-likeness (QED) is 0.614.